The van der Waals surface area contributed by atoms with Crippen LogP contribution in [0.3, 0.4) is 0 Å². The fraction of sp³-hybridized carbons (Fsp3) is 0.462. The van der Waals surface area contributed by atoms with E-state index in [2.05, 4.69) is 20.7 Å². The van der Waals surface area contributed by atoms with Gasteiger partial charge in [-0.05, 0) is 31.8 Å². The Balaban J connectivity index is 1.60. The van der Waals surface area contributed by atoms with E-state index in [1.165, 1.54) is 6.42 Å². The van der Waals surface area contributed by atoms with Crippen molar-refractivity contribution in [2.75, 3.05) is 19.6 Å². The highest BCUT2D eigenvalue weighted by Crippen LogP contribution is 2.12. The van der Waals surface area contributed by atoms with Crippen molar-refractivity contribution in [2.24, 2.45) is 5.92 Å². The second kappa shape index (κ2) is 5.36. The van der Waals surface area contributed by atoms with Gasteiger partial charge in [0.1, 0.15) is 0 Å². The summed E-state index contributed by atoms with van der Waals surface area (Å²) in [5, 5.41) is 10.4. The number of fused-ring (bicyclic) bond motifs is 1. The summed E-state index contributed by atoms with van der Waals surface area (Å²) in [6.45, 7) is 2.87. The van der Waals surface area contributed by atoms with Gasteiger partial charge in [0.15, 0.2) is 0 Å². The highest BCUT2D eigenvalue weighted by Gasteiger charge is 2.16. The molecule has 6 nitrogen and oxygen atoms in total. The summed E-state index contributed by atoms with van der Waals surface area (Å²) in [5.41, 5.74) is 1.32. The maximum absolute atomic E-state index is 12.1. The summed E-state index contributed by atoms with van der Waals surface area (Å²) >= 11 is 0. The first-order valence-corrected chi connectivity index (χ1v) is 6.61. The molecule has 1 unspecified atom stereocenters. The highest BCUT2D eigenvalue weighted by atomic mass is 16.1. The number of carbonyl (C=O) groups excluding carboxylic acids is 1. The first-order valence-electron chi connectivity index (χ1n) is 6.61. The molecule has 1 amide bonds. The molecule has 2 aromatic rings. The zero-order chi connectivity index (χ0) is 13.1. The van der Waals surface area contributed by atoms with Crippen molar-refractivity contribution >= 4 is 11.4 Å². The van der Waals surface area contributed by atoms with Crippen LogP contribution in [-0.4, -0.2) is 40.1 Å². The Hall–Kier alpha value is -1.95. The molecule has 3 heterocycles. The van der Waals surface area contributed by atoms with Crippen molar-refractivity contribution < 1.29 is 4.79 Å². The van der Waals surface area contributed by atoms with E-state index in [4.69, 9.17) is 0 Å². The summed E-state index contributed by atoms with van der Waals surface area (Å²) in [6, 6.07) is 0. The van der Waals surface area contributed by atoms with E-state index in [1.807, 2.05) is 0 Å². The molecule has 6 heteroatoms. The quantitative estimate of drug-likeness (QED) is 0.836. The summed E-state index contributed by atoms with van der Waals surface area (Å²) in [5.74, 6) is 0.611. The minimum Gasteiger partial charge on any atom is -0.352 e. The van der Waals surface area contributed by atoms with Gasteiger partial charge in [-0.25, -0.2) is 4.52 Å². The Morgan fingerprint density at radius 2 is 2.47 bits per heavy atom. The second-order valence-corrected chi connectivity index (χ2v) is 4.87. The molecule has 19 heavy (non-hydrogen) atoms. The van der Waals surface area contributed by atoms with Crippen LogP contribution in [0.2, 0.25) is 0 Å². The predicted octanol–water partition coefficient (Wildman–Crippen LogP) is 0.459. The molecule has 0 spiro atoms. The van der Waals surface area contributed by atoms with Gasteiger partial charge in [0, 0.05) is 18.9 Å². The van der Waals surface area contributed by atoms with Gasteiger partial charge in [0.25, 0.3) is 5.91 Å². The van der Waals surface area contributed by atoms with E-state index in [-0.39, 0.29) is 5.91 Å². The Labute approximate surface area is 111 Å². The van der Waals surface area contributed by atoms with Crippen LogP contribution in [-0.2, 0) is 0 Å². The van der Waals surface area contributed by atoms with Crippen LogP contribution in [0.1, 0.15) is 23.2 Å². The maximum Gasteiger partial charge on any atom is 0.255 e. The molecule has 2 N–H and O–H groups in total. The summed E-state index contributed by atoms with van der Waals surface area (Å²) in [7, 11) is 0. The molecule has 1 aliphatic heterocycles. The van der Waals surface area contributed by atoms with Crippen LogP contribution in [0, 0.1) is 5.92 Å². The fourth-order valence-corrected chi connectivity index (χ4v) is 2.46. The molecule has 1 saturated heterocycles. The smallest absolute Gasteiger partial charge is 0.255 e. The third kappa shape index (κ3) is 2.58. The van der Waals surface area contributed by atoms with Crippen LogP contribution in [0.5, 0.6) is 0 Å². The van der Waals surface area contributed by atoms with Gasteiger partial charge < -0.3 is 10.6 Å². The lowest BCUT2D eigenvalue weighted by atomic mass is 10.1. The average molecular weight is 259 g/mol. The lowest BCUT2D eigenvalue weighted by molar-refractivity contribution is 0.0953. The van der Waals surface area contributed by atoms with Gasteiger partial charge in [0.2, 0.25) is 0 Å². The molecule has 0 bridgehead atoms. The minimum atomic E-state index is -0.0750. The van der Waals surface area contributed by atoms with Crippen molar-refractivity contribution in [3.05, 3.63) is 30.4 Å². The highest BCUT2D eigenvalue weighted by molar-refractivity contribution is 6.00. The largest absolute Gasteiger partial charge is 0.352 e. The van der Waals surface area contributed by atoms with Crippen LogP contribution >= 0.6 is 0 Å². The van der Waals surface area contributed by atoms with Gasteiger partial charge in [-0.2, -0.15) is 5.10 Å². The number of rotatable bonds is 4. The number of nitrogens with zero attached hydrogens (tertiary/aromatic N) is 3. The Bertz CT molecular complexity index is 573. The molecule has 2 aromatic heterocycles. The molecule has 0 aliphatic carbocycles. The normalized spacial score (nSPS) is 18.8. The molecular weight excluding hydrogens is 242 g/mol. The van der Waals surface area contributed by atoms with Gasteiger partial charge in [0.05, 0.1) is 23.5 Å². The van der Waals surface area contributed by atoms with Gasteiger partial charge >= 0.3 is 0 Å². The van der Waals surface area contributed by atoms with E-state index in [0.29, 0.717) is 18.0 Å². The van der Waals surface area contributed by atoms with Crippen molar-refractivity contribution in [3.8, 4) is 0 Å². The number of hydrogen-bond donors (Lipinski definition) is 2. The third-order valence-electron chi connectivity index (χ3n) is 3.57. The third-order valence-corrected chi connectivity index (χ3v) is 3.57. The van der Waals surface area contributed by atoms with Crippen LogP contribution in [0.25, 0.3) is 5.52 Å². The van der Waals surface area contributed by atoms with E-state index < -0.39 is 0 Å². The fourth-order valence-electron chi connectivity index (χ4n) is 2.46. The number of hydrogen-bond acceptors (Lipinski definition) is 4. The van der Waals surface area contributed by atoms with Crippen LogP contribution in [0.4, 0.5) is 0 Å². The van der Waals surface area contributed by atoms with Crippen molar-refractivity contribution in [2.45, 2.75) is 12.8 Å². The number of nitrogens with one attached hydrogen (secondary N) is 2. The summed E-state index contributed by atoms with van der Waals surface area (Å²) in [4.78, 5) is 16.1. The molecule has 1 aliphatic rings. The van der Waals surface area contributed by atoms with E-state index in [0.717, 1.165) is 25.0 Å². The molecule has 1 atom stereocenters. The number of amides is 1. The monoisotopic (exact) mass is 259 g/mol. The van der Waals surface area contributed by atoms with Crippen LogP contribution in [0.15, 0.2) is 24.8 Å². The summed E-state index contributed by atoms with van der Waals surface area (Å²) in [6.07, 6.45) is 8.85. The Morgan fingerprint density at radius 3 is 3.32 bits per heavy atom. The Kier molecular flexibility index (Phi) is 3.41. The molecule has 3 rings (SSSR count). The van der Waals surface area contributed by atoms with E-state index >= 15 is 0 Å². The maximum atomic E-state index is 12.1. The van der Waals surface area contributed by atoms with E-state index in [9.17, 15) is 4.79 Å². The zero-order valence-corrected chi connectivity index (χ0v) is 10.7. The molecule has 0 aromatic carbocycles. The standard InChI is InChI=1S/C13H17N5O/c19-13(16-4-2-10-1-3-14-7-10)11-8-17-18-6-5-15-9-12(11)18/h5-6,8-10,14H,1-4,7H2,(H,16,19). The van der Waals surface area contributed by atoms with Gasteiger partial charge in [-0.3, -0.25) is 9.78 Å². The molecule has 1 fully saturated rings. The number of carbonyl (C=O) groups is 1. The van der Waals surface area contributed by atoms with Crippen molar-refractivity contribution in [3.63, 3.8) is 0 Å². The first kappa shape index (κ1) is 12.1. The minimum absolute atomic E-state index is 0.0750. The summed E-state index contributed by atoms with van der Waals surface area (Å²) < 4.78 is 1.66. The first-order chi connectivity index (χ1) is 9.34. The molecule has 100 valence electrons. The van der Waals surface area contributed by atoms with E-state index in [1.54, 1.807) is 29.3 Å². The Morgan fingerprint density at radius 1 is 1.53 bits per heavy atom. The van der Waals surface area contributed by atoms with Crippen molar-refractivity contribution in [1.29, 1.82) is 0 Å². The second-order valence-electron chi connectivity index (χ2n) is 4.87. The predicted molar refractivity (Wildman–Crippen MR) is 70.9 cm³/mol. The lowest BCUT2D eigenvalue weighted by Crippen LogP contribution is -2.26. The molecular formula is C13H17N5O. The average Bonchev–Trinajstić information content (AvgIpc) is 3.07. The lowest BCUT2D eigenvalue weighted by Gasteiger charge is -2.08. The van der Waals surface area contributed by atoms with Gasteiger partial charge in [-0.15, -0.1) is 0 Å². The van der Waals surface area contributed by atoms with Crippen LogP contribution < -0.4 is 10.6 Å². The molecule has 0 radical (unpaired) electrons. The SMILES string of the molecule is O=C(NCCC1CCNC1)c1cnn2ccncc12. The van der Waals surface area contributed by atoms with Crippen molar-refractivity contribution in [1.82, 2.24) is 25.2 Å². The zero-order valence-electron chi connectivity index (χ0n) is 10.7. The van der Waals surface area contributed by atoms with Gasteiger partial charge in [-0.1, -0.05) is 0 Å². The topological polar surface area (TPSA) is 71.3 Å². The molecule has 0 saturated carbocycles. The number of aromatic nitrogens is 3.